The van der Waals surface area contributed by atoms with E-state index in [0.29, 0.717) is 11.3 Å². The molecule has 0 radical (unpaired) electrons. The quantitative estimate of drug-likeness (QED) is 0.843. The maximum absolute atomic E-state index is 13.3. The summed E-state index contributed by atoms with van der Waals surface area (Å²) in [5.41, 5.74) is 0.984. The molecule has 3 nitrogen and oxygen atoms in total. The molecular weight excluding hydrogens is 233 g/mol. The van der Waals surface area contributed by atoms with Crippen molar-refractivity contribution in [3.8, 4) is 11.5 Å². The number of halogens is 1. The number of methoxy groups -OCH3 is 1. The monoisotopic (exact) mass is 245 g/mol. The second kappa shape index (κ2) is 5.31. The van der Waals surface area contributed by atoms with Crippen LogP contribution >= 0.6 is 0 Å². The van der Waals surface area contributed by atoms with Crippen LogP contribution in [-0.4, -0.2) is 18.4 Å². The molecule has 2 aromatic rings. The molecule has 0 heterocycles. The molecule has 0 aliphatic rings. The summed E-state index contributed by atoms with van der Waals surface area (Å²) in [5.74, 6) is 0.0347. The Hall–Kier alpha value is -2.36. The molecule has 0 unspecified atom stereocenters. The fourth-order valence-corrected chi connectivity index (χ4v) is 1.48. The number of aromatic hydroxyl groups is 1. The minimum Gasteiger partial charge on any atom is -0.504 e. The van der Waals surface area contributed by atoms with Gasteiger partial charge in [0.25, 0.3) is 0 Å². The van der Waals surface area contributed by atoms with Gasteiger partial charge in [0.1, 0.15) is 5.82 Å². The van der Waals surface area contributed by atoms with Gasteiger partial charge in [0.05, 0.1) is 12.8 Å². The van der Waals surface area contributed by atoms with Gasteiger partial charge in [-0.25, -0.2) is 4.39 Å². The van der Waals surface area contributed by atoms with E-state index in [0.717, 1.165) is 0 Å². The lowest BCUT2D eigenvalue weighted by molar-refractivity contribution is 0.373. The molecule has 18 heavy (non-hydrogen) atoms. The van der Waals surface area contributed by atoms with Crippen molar-refractivity contribution in [2.75, 3.05) is 7.11 Å². The van der Waals surface area contributed by atoms with Crippen LogP contribution in [0.25, 0.3) is 0 Å². The number of rotatable bonds is 3. The van der Waals surface area contributed by atoms with Crippen molar-refractivity contribution in [3.63, 3.8) is 0 Å². The molecule has 0 saturated carbocycles. The highest BCUT2D eigenvalue weighted by molar-refractivity contribution is 5.83. The van der Waals surface area contributed by atoms with E-state index in [1.807, 2.05) is 0 Å². The maximum Gasteiger partial charge on any atom is 0.161 e. The van der Waals surface area contributed by atoms with Gasteiger partial charge in [-0.2, -0.15) is 0 Å². The molecule has 0 fully saturated rings. The van der Waals surface area contributed by atoms with Crippen molar-refractivity contribution < 1.29 is 14.2 Å². The Balaban J connectivity index is 2.27. The number of phenolic OH excluding ortho intramolecular Hbond substituents is 1. The average Bonchev–Trinajstić information content (AvgIpc) is 2.39. The van der Waals surface area contributed by atoms with Gasteiger partial charge in [0.2, 0.25) is 0 Å². The molecule has 0 spiro atoms. The van der Waals surface area contributed by atoms with E-state index >= 15 is 0 Å². The zero-order valence-corrected chi connectivity index (χ0v) is 9.80. The third kappa shape index (κ3) is 2.66. The van der Waals surface area contributed by atoms with Crippen LogP contribution in [0.5, 0.6) is 11.5 Å². The van der Waals surface area contributed by atoms with Crippen LogP contribution in [0.4, 0.5) is 10.1 Å². The Bertz CT molecular complexity index is 582. The summed E-state index contributed by atoms with van der Waals surface area (Å²) in [6, 6.07) is 11.1. The van der Waals surface area contributed by atoms with Crippen LogP contribution < -0.4 is 4.74 Å². The Labute approximate surface area is 104 Å². The molecule has 0 aliphatic carbocycles. The van der Waals surface area contributed by atoms with Crippen LogP contribution in [0.15, 0.2) is 47.5 Å². The summed E-state index contributed by atoms with van der Waals surface area (Å²) in [6.07, 6.45) is 1.51. The number of hydrogen-bond acceptors (Lipinski definition) is 3. The van der Waals surface area contributed by atoms with Gasteiger partial charge >= 0.3 is 0 Å². The van der Waals surface area contributed by atoms with E-state index in [1.54, 1.807) is 30.3 Å². The zero-order chi connectivity index (χ0) is 13.0. The summed E-state index contributed by atoms with van der Waals surface area (Å²) >= 11 is 0. The van der Waals surface area contributed by atoms with E-state index < -0.39 is 0 Å². The number of para-hydroxylation sites is 1. The molecule has 0 amide bonds. The third-order valence-electron chi connectivity index (χ3n) is 2.41. The van der Waals surface area contributed by atoms with Crippen LogP contribution in [0.1, 0.15) is 5.56 Å². The second-order valence-corrected chi connectivity index (χ2v) is 3.64. The van der Waals surface area contributed by atoms with Gasteiger partial charge in [0.15, 0.2) is 11.5 Å². The fraction of sp³-hybridized carbons (Fsp3) is 0.0714. The first-order valence-corrected chi connectivity index (χ1v) is 5.36. The van der Waals surface area contributed by atoms with Gasteiger partial charge in [-0.3, -0.25) is 4.99 Å². The van der Waals surface area contributed by atoms with Crippen molar-refractivity contribution in [1.82, 2.24) is 0 Å². The third-order valence-corrected chi connectivity index (χ3v) is 2.41. The predicted octanol–water partition coefficient (Wildman–Crippen LogP) is 3.29. The van der Waals surface area contributed by atoms with Gasteiger partial charge in [-0.15, -0.1) is 0 Å². The minimum atomic E-state index is -0.375. The van der Waals surface area contributed by atoms with Crippen molar-refractivity contribution in [2.45, 2.75) is 0 Å². The van der Waals surface area contributed by atoms with Crippen LogP contribution in [0.2, 0.25) is 0 Å². The van der Waals surface area contributed by atoms with Gasteiger partial charge < -0.3 is 9.84 Å². The summed E-state index contributed by atoms with van der Waals surface area (Å²) in [6.45, 7) is 0. The maximum atomic E-state index is 13.3. The molecule has 1 N–H and O–H groups in total. The first kappa shape index (κ1) is 12.1. The molecular formula is C14H12FNO2. The highest BCUT2D eigenvalue weighted by Gasteiger charge is 2.01. The highest BCUT2D eigenvalue weighted by Crippen LogP contribution is 2.26. The molecule has 0 bridgehead atoms. The van der Waals surface area contributed by atoms with E-state index in [1.165, 1.54) is 25.5 Å². The van der Waals surface area contributed by atoms with Crippen molar-refractivity contribution in [3.05, 3.63) is 53.8 Å². The lowest BCUT2D eigenvalue weighted by atomic mass is 10.2. The molecule has 2 aromatic carbocycles. The summed E-state index contributed by atoms with van der Waals surface area (Å²) < 4.78 is 18.3. The average molecular weight is 245 g/mol. The molecule has 0 aromatic heterocycles. The Kier molecular flexibility index (Phi) is 3.57. The predicted molar refractivity (Wildman–Crippen MR) is 68.3 cm³/mol. The van der Waals surface area contributed by atoms with E-state index in [2.05, 4.69) is 4.99 Å². The van der Waals surface area contributed by atoms with Crippen molar-refractivity contribution in [2.24, 2.45) is 4.99 Å². The first-order chi connectivity index (χ1) is 8.70. The highest BCUT2D eigenvalue weighted by atomic mass is 19.1. The van der Waals surface area contributed by atoms with Gasteiger partial charge in [-0.05, 0) is 35.9 Å². The largest absolute Gasteiger partial charge is 0.504 e. The Morgan fingerprint density at radius 3 is 2.72 bits per heavy atom. The lowest BCUT2D eigenvalue weighted by Gasteiger charge is -2.03. The summed E-state index contributed by atoms with van der Waals surface area (Å²) in [5, 5.41) is 9.43. The fourth-order valence-electron chi connectivity index (χ4n) is 1.48. The smallest absolute Gasteiger partial charge is 0.161 e. The van der Waals surface area contributed by atoms with Crippen LogP contribution in [-0.2, 0) is 0 Å². The topological polar surface area (TPSA) is 41.8 Å². The summed E-state index contributed by atoms with van der Waals surface area (Å²) in [4.78, 5) is 4.04. The van der Waals surface area contributed by atoms with E-state index in [9.17, 15) is 9.50 Å². The molecule has 2 rings (SSSR count). The number of hydrogen-bond donors (Lipinski definition) is 1. The van der Waals surface area contributed by atoms with Gasteiger partial charge in [-0.1, -0.05) is 12.1 Å². The van der Waals surface area contributed by atoms with Crippen LogP contribution in [0.3, 0.4) is 0 Å². The number of nitrogens with zero attached hydrogens (tertiary/aromatic N) is 1. The molecule has 4 heteroatoms. The Morgan fingerprint density at radius 1 is 1.22 bits per heavy atom. The Morgan fingerprint density at radius 2 is 2.00 bits per heavy atom. The number of ether oxygens (including phenoxy) is 1. The SMILES string of the molecule is COc1cc(C=Nc2ccccc2F)ccc1O. The number of phenols is 1. The number of aliphatic imine (C=N–C) groups is 1. The molecule has 92 valence electrons. The zero-order valence-electron chi connectivity index (χ0n) is 9.80. The van der Waals surface area contributed by atoms with E-state index in [4.69, 9.17) is 4.74 Å². The van der Waals surface area contributed by atoms with Crippen molar-refractivity contribution in [1.29, 1.82) is 0 Å². The van der Waals surface area contributed by atoms with Crippen LogP contribution in [0, 0.1) is 5.82 Å². The molecule has 0 atom stereocenters. The van der Waals surface area contributed by atoms with Crippen molar-refractivity contribution >= 4 is 11.9 Å². The number of benzene rings is 2. The normalized spacial score (nSPS) is 10.8. The minimum absolute atomic E-state index is 0.0561. The van der Waals surface area contributed by atoms with Gasteiger partial charge in [0, 0.05) is 6.21 Å². The lowest BCUT2D eigenvalue weighted by Crippen LogP contribution is -1.87. The molecule has 0 saturated heterocycles. The second-order valence-electron chi connectivity index (χ2n) is 3.64. The molecule has 0 aliphatic heterocycles. The first-order valence-electron chi connectivity index (χ1n) is 5.36. The summed E-state index contributed by atoms with van der Waals surface area (Å²) in [7, 11) is 1.47. The standard InChI is InChI=1S/C14H12FNO2/c1-18-14-8-10(6-7-13(14)17)9-16-12-5-3-2-4-11(12)15/h2-9,17H,1H3. The van der Waals surface area contributed by atoms with E-state index in [-0.39, 0.29) is 17.3 Å².